The molecule has 0 bridgehead atoms. The van der Waals surface area contributed by atoms with Gasteiger partial charge in [0, 0.05) is 6.54 Å². The Morgan fingerprint density at radius 2 is 2.24 bits per heavy atom. The van der Waals surface area contributed by atoms with Crippen LogP contribution in [-0.4, -0.2) is 40.5 Å². The average Bonchev–Trinajstić information content (AvgIpc) is 3.04. The molecule has 1 aliphatic heterocycles. The van der Waals surface area contributed by atoms with Crippen LogP contribution in [0.15, 0.2) is 36.5 Å². The lowest BCUT2D eigenvalue weighted by molar-refractivity contribution is 0.0939. The summed E-state index contributed by atoms with van der Waals surface area (Å²) in [5.41, 5.74) is 1.19. The number of para-hydroxylation sites is 1. The Morgan fingerprint density at radius 1 is 1.38 bits per heavy atom. The molecule has 0 saturated carbocycles. The molecule has 0 aliphatic carbocycles. The van der Waals surface area contributed by atoms with Crippen molar-refractivity contribution in [1.29, 1.82) is 0 Å². The number of aromatic nitrogens is 3. The number of hydrogen-bond donors (Lipinski definition) is 2. The van der Waals surface area contributed by atoms with E-state index in [0.29, 0.717) is 18.2 Å². The van der Waals surface area contributed by atoms with Crippen LogP contribution in [-0.2, 0) is 0 Å². The molecule has 1 atom stereocenters. The molecule has 0 spiro atoms. The fourth-order valence-electron chi connectivity index (χ4n) is 2.48. The van der Waals surface area contributed by atoms with Crippen molar-refractivity contribution in [2.75, 3.05) is 19.6 Å². The van der Waals surface area contributed by atoms with E-state index in [-0.39, 0.29) is 5.91 Å². The SMILES string of the molecule is O=C(NCC1CCCNC1)c1cnn(-c2ccccc2)n1. The van der Waals surface area contributed by atoms with Crippen LogP contribution >= 0.6 is 0 Å². The van der Waals surface area contributed by atoms with Gasteiger partial charge in [0.25, 0.3) is 5.91 Å². The summed E-state index contributed by atoms with van der Waals surface area (Å²) in [5.74, 6) is 0.342. The number of benzene rings is 1. The molecule has 21 heavy (non-hydrogen) atoms. The van der Waals surface area contributed by atoms with Gasteiger partial charge in [-0.15, -0.1) is 5.10 Å². The van der Waals surface area contributed by atoms with E-state index in [0.717, 1.165) is 25.2 Å². The van der Waals surface area contributed by atoms with E-state index < -0.39 is 0 Å². The van der Waals surface area contributed by atoms with Crippen molar-refractivity contribution >= 4 is 5.91 Å². The summed E-state index contributed by atoms with van der Waals surface area (Å²) in [5, 5.41) is 14.6. The van der Waals surface area contributed by atoms with E-state index in [2.05, 4.69) is 20.8 Å². The molecule has 3 rings (SSSR count). The van der Waals surface area contributed by atoms with Crippen molar-refractivity contribution in [2.24, 2.45) is 5.92 Å². The maximum atomic E-state index is 12.1. The summed E-state index contributed by atoms with van der Waals surface area (Å²) < 4.78 is 0. The first-order valence-electron chi connectivity index (χ1n) is 7.29. The van der Waals surface area contributed by atoms with Gasteiger partial charge in [-0.3, -0.25) is 4.79 Å². The predicted octanol–water partition coefficient (Wildman–Crippen LogP) is 0.997. The van der Waals surface area contributed by atoms with Gasteiger partial charge in [0.15, 0.2) is 5.69 Å². The molecule has 110 valence electrons. The van der Waals surface area contributed by atoms with E-state index in [9.17, 15) is 4.79 Å². The van der Waals surface area contributed by atoms with Gasteiger partial charge in [-0.2, -0.15) is 9.90 Å². The molecule has 1 unspecified atom stereocenters. The minimum Gasteiger partial charge on any atom is -0.350 e. The third-order valence-corrected chi connectivity index (χ3v) is 3.66. The van der Waals surface area contributed by atoms with E-state index in [4.69, 9.17) is 0 Å². The maximum Gasteiger partial charge on any atom is 0.273 e. The Bertz CT molecular complexity index is 589. The third-order valence-electron chi connectivity index (χ3n) is 3.66. The first-order chi connectivity index (χ1) is 10.3. The number of carbonyl (C=O) groups is 1. The number of nitrogens with zero attached hydrogens (tertiary/aromatic N) is 3. The van der Waals surface area contributed by atoms with Crippen molar-refractivity contribution in [3.8, 4) is 5.69 Å². The molecule has 1 amide bonds. The fourth-order valence-corrected chi connectivity index (χ4v) is 2.48. The Hall–Kier alpha value is -2.21. The molecule has 6 heteroatoms. The number of hydrogen-bond acceptors (Lipinski definition) is 4. The second kappa shape index (κ2) is 6.49. The van der Waals surface area contributed by atoms with Gasteiger partial charge in [0.2, 0.25) is 0 Å². The molecule has 0 radical (unpaired) electrons. The molecule has 1 aromatic carbocycles. The van der Waals surface area contributed by atoms with Gasteiger partial charge < -0.3 is 10.6 Å². The standard InChI is InChI=1S/C15H19N5O/c21-15(17-10-12-5-4-8-16-9-12)14-11-18-20(19-14)13-6-2-1-3-7-13/h1-3,6-7,11-12,16H,4-5,8-10H2,(H,17,21). The van der Waals surface area contributed by atoms with Gasteiger partial charge in [-0.05, 0) is 44.0 Å². The van der Waals surface area contributed by atoms with Crippen molar-refractivity contribution in [2.45, 2.75) is 12.8 Å². The zero-order chi connectivity index (χ0) is 14.5. The maximum absolute atomic E-state index is 12.1. The van der Waals surface area contributed by atoms with Crippen molar-refractivity contribution < 1.29 is 4.79 Å². The Kier molecular flexibility index (Phi) is 4.25. The molecular formula is C15H19N5O. The molecule has 1 saturated heterocycles. The number of nitrogens with one attached hydrogen (secondary N) is 2. The Morgan fingerprint density at radius 3 is 3.00 bits per heavy atom. The smallest absolute Gasteiger partial charge is 0.273 e. The van der Waals surface area contributed by atoms with E-state index in [1.807, 2.05) is 30.3 Å². The number of piperidine rings is 1. The molecule has 1 fully saturated rings. The van der Waals surface area contributed by atoms with Gasteiger partial charge >= 0.3 is 0 Å². The van der Waals surface area contributed by atoms with Crippen LogP contribution in [0.3, 0.4) is 0 Å². The van der Waals surface area contributed by atoms with E-state index >= 15 is 0 Å². The van der Waals surface area contributed by atoms with E-state index in [1.54, 1.807) is 0 Å². The third kappa shape index (κ3) is 3.46. The summed E-state index contributed by atoms with van der Waals surface area (Å²) in [7, 11) is 0. The van der Waals surface area contributed by atoms with Crippen molar-refractivity contribution in [3.63, 3.8) is 0 Å². The summed E-state index contributed by atoms with van der Waals surface area (Å²) in [4.78, 5) is 13.6. The summed E-state index contributed by atoms with van der Waals surface area (Å²) in [6.45, 7) is 2.73. The predicted molar refractivity (Wildman–Crippen MR) is 79.3 cm³/mol. The second-order valence-corrected chi connectivity index (χ2v) is 5.28. The topological polar surface area (TPSA) is 71.8 Å². The van der Waals surface area contributed by atoms with Crippen molar-refractivity contribution in [3.05, 3.63) is 42.2 Å². The lowest BCUT2D eigenvalue weighted by Gasteiger charge is -2.22. The average molecular weight is 285 g/mol. The molecule has 2 heterocycles. The lowest BCUT2D eigenvalue weighted by atomic mass is 10.00. The first kappa shape index (κ1) is 13.8. The Balaban J connectivity index is 1.59. The first-order valence-corrected chi connectivity index (χ1v) is 7.29. The highest BCUT2D eigenvalue weighted by molar-refractivity contribution is 5.91. The Labute approximate surface area is 123 Å². The van der Waals surface area contributed by atoms with Crippen LogP contribution in [0.25, 0.3) is 5.69 Å². The van der Waals surface area contributed by atoms with Crippen LogP contribution in [0, 0.1) is 5.92 Å². The molecule has 1 aliphatic rings. The van der Waals surface area contributed by atoms with Gasteiger partial charge in [0.05, 0.1) is 11.9 Å². The molecule has 2 N–H and O–H groups in total. The minimum atomic E-state index is -0.164. The fraction of sp³-hybridized carbons (Fsp3) is 0.400. The van der Waals surface area contributed by atoms with Gasteiger partial charge in [-0.25, -0.2) is 0 Å². The lowest BCUT2D eigenvalue weighted by Crippen LogP contribution is -2.38. The van der Waals surface area contributed by atoms with Crippen LogP contribution in [0.5, 0.6) is 0 Å². The van der Waals surface area contributed by atoms with Crippen LogP contribution in [0.2, 0.25) is 0 Å². The summed E-state index contributed by atoms with van der Waals surface area (Å²) in [6.07, 6.45) is 3.83. The highest BCUT2D eigenvalue weighted by atomic mass is 16.2. The largest absolute Gasteiger partial charge is 0.350 e. The monoisotopic (exact) mass is 285 g/mol. The summed E-state index contributed by atoms with van der Waals surface area (Å²) >= 11 is 0. The molecule has 1 aromatic heterocycles. The van der Waals surface area contributed by atoms with Crippen LogP contribution in [0.1, 0.15) is 23.3 Å². The highest BCUT2D eigenvalue weighted by Gasteiger charge is 2.16. The number of carbonyl (C=O) groups excluding carboxylic acids is 1. The number of rotatable bonds is 4. The zero-order valence-corrected chi connectivity index (χ0v) is 11.8. The van der Waals surface area contributed by atoms with Gasteiger partial charge in [0.1, 0.15) is 0 Å². The zero-order valence-electron chi connectivity index (χ0n) is 11.8. The minimum absolute atomic E-state index is 0.164. The number of amides is 1. The van der Waals surface area contributed by atoms with Crippen LogP contribution < -0.4 is 10.6 Å². The highest BCUT2D eigenvalue weighted by Crippen LogP contribution is 2.09. The molecule has 2 aromatic rings. The quantitative estimate of drug-likeness (QED) is 0.879. The normalized spacial score (nSPS) is 18.4. The summed E-state index contributed by atoms with van der Waals surface area (Å²) in [6, 6.07) is 9.55. The van der Waals surface area contributed by atoms with Gasteiger partial charge in [-0.1, -0.05) is 18.2 Å². The second-order valence-electron chi connectivity index (χ2n) is 5.28. The van der Waals surface area contributed by atoms with E-state index in [1.165, 1.54) is 17.4 Å². The van der Waals surface area contributed by atoms with Crippen molar-refractivity contribution in [1.82, 2.24) is 25.6 Å². The molecule has 6 nitrogen and oxygen atoms in total. The van der Waals surface area contributed by atoms with Crippen LogP contribution in [0.4, 0.5) is 0 Å². The molecular weight excluding hydrogens is 266 g/mol.